The van der Waals surface area contributed by atoms with Gasteiger partial charge in [-0.2, -0.15) is 5.10 Å². The second-order valence-electron chi connectivity index (χ2n) is 6.67. The lowest BCUT2D eigenvalue weighted by atomic mass is 10.1. The minimum atomic E-state index is -0.148. The maximum Gasteiger partial charge on any atom is 0.247 e. The van der Waals surface area contributed by atoms with Crippen molar-refractivity contribution >= 4 is 17.9 Å². The summed E-state index contributed by atoms with van der Waals surface area (Å²) >= 11 is 0. The number of nitrogens with one attached hydrogen (secondary N) is 1. The molecule has 1 aromatic heterocycles. The van der Waals surface area contributed by atoms with Gasteiger partial charge in [-0.1, -0.05) is 29.8 Å². The first kappa shape index (κ1) is 17.9. The van der Waals surface area contributed by atoms with Gasteiger partial charge < -0.3 is 10.2 Å². The topological polar surface area (TPSA) is 67.2 Å². The molecule has 2 aromatic rings. The third-order valence-corrected chi connectivity index (χ3v) is 4.63. The van der Waals surface area contributed by atoms with Crippen molar-refractivity contribution in [3.63, 3.8) is 0 Å². The minimum Gasteiger partial charge on any atom is -0.353 e. The zero-order chi connectivity index (χ0) is 18.7. The van der Waals surface area contributed by atoms with Crippen molar-refractivity contribution in [1.29, 1.82) is 0 Å². The molecule has 26 heavy (non-hydrogen) atoms. The van der Waals surface area contributed by atoms with E-state index >= 15 is 0 Å². The Morgan fingerprint density at radius 3 is 2.65 bits per heavy atom. The first-order valence-electron chi connectivity index (χ1n) is 8.77. The Hall–Kier alpha value is -2.89. The van der Waals surface area contributed by atoms with Crippen LogP contribution >= 0.6 is 0 Å². The molecular weight excluding hydrogens is 328 g/mol. The number of rotatable bonds is 4. The fourth-order valence-electron chi connectivity index (χ4n) is 3.06. The van der Waals surface area contributed by atoms with Gasteiger partial charge in [-0.3, -0.25) is 14.3 Å². The van der Waals surface area contributed by atoms with Crippen LogP contribution < -0.4 is 5.32 Å². The Labute approximate surface area is 153 Å². The quantitative estimate of drug-likeness (QED) is 0.854. The van der Waals surface area contributed by atoms with E-state index in [1.54, 1.807) is 11.0 Å². The average molecular weight is 352 g/mol. The predicted molar refractivity (Wildman–Crippen MR) is 101 cm³/mol. The molecule has 0 atom stereocenters. The van der Waals surface area contributed by atoms with Gasteiger partial charge in [0.1, 0.15) is 0 Å². The normalized spacial score (nSPS) is 14.7. The SMILES string of the molecule is Cc1ccc(Cn2nc(C)c(C=CC(=O)N3CCNC(=O)C3)c2C)cc1. The summed E-state index contributed by atoms with van der Waals surface area (Å²) in [6.07, 6.45) is 3.34. The summed E-state index contributed by atoms with van der Waals surface area (Å²) in [7, 11) is 0. The molecule has 6 nitrogen and oxygen atoms in total. The van der Waals surface area contributed by atoms with E-state index in [0.29, 0.717) is 19.6 Å². The van der Waals surface area contributed by atoms with Crippen LogP contribution in [-0.2, 0) is 16.1 Å². The van der Waals surface area contributed by atoms with E-state index in [0.717, 1.165) is 17.0 Å². The van der Waals surface area contributed by atoms with Crippen molar-refractivity contribution in [2.24, 2.45) is 0 Å². The molecule has 1 N–H and O–H groups in total. The van der Waals surface area contributed by atoms with Crippen LogP contribution in [0.5, 0.6) is 0 Å². The summed E-state index contributed by atoms with van der Waals surface area (Å²) in [6.45, 7) is 7.88. The molecule has 0 bridgehead atoms. The summed E-state index contributed by atoms with van der Waals surface area (Å²) in [5, 5.41) is 7.33. The second-order valence-corrected chi connectivity index (χ2v) is 6.67. The lowest BCUT2D eigenvalue weighted by Crippen LogP contribution is -2.49. The van der Waals surface area contributed by atoms with E-state index in [9.17, 15) is 9.59 Å². The average Bonchev–Trinajstić information content (AvgIpc) is 2.88. The molecule has 2 amide bonds. The van der Waals surface area contributed by atoms with Crippen molar-refractivity contribution in [3.8, 4) is 0 Å². The molecule has 0 saturated carbocycles. The number of benzene rings is 1. The maximum absolute atomic E-state index is 12.3. The lowest BCUT2D eigenvalue weighted by molar-refractivity contribution is -0.134. The third kappa shape index (κ3) is 4.02. The van der Waals surface area contributed by atoms with Crippen LogP contribution in [0.1, 0.15) is 28.1 Å². The van der Waals surface area contributed by atoms with Gasteiger partial charge in [0.15, 0.2) is 0 Å². The van der Waals surface area contributed by atoms with E-state index in [1.807, 2.05) is 18.5 Å². The number of carbonyl (C=O) groups is 2. The first-order chi connectivity index (χ1) is 12.4. The Morgan fingerprint density at radius 1 is 1.23 bits per heavy atom. The number of aryl methyl sites for hydroxylation is 2. The van der Waals surface area contributed by atoms with E-state index in [4.69, 9.17) is 0 Å². The van der Waals surface area contributed by atoms with Gasteiger partial charge in [-0.15, -0.1) is 0 Å². The van der Waals surface area contributed by atoms with Crippen molar-refractivity contribution in [3.05, 3.63) is 58.4 Å². The summed E-state index contributed by atoms with van der Waals surface area (Å²) in [4.78, 5) is 25.3. The third-order valence-electron chi connectivity index (χ3n) is 4.63. The highest BCUT2D eigenvalue weighted by molar-refractivity contribution is 5.95. The molecule has 3 rings (SSSR count). The number of aromatic nitrogens is 2. The Morgan fingerprint density at radius 2 is 1.96 bits per heavy atom. The van der Waals surface area contributed by atoms with Gasteiger partial charge in [0.25, 0.3) is 0 Å². The molecule has 1 aliphatic rings. The van der Waals surface area contributed by atoms with Crippen LogP contribution in [-0.4, -0.2) is 46.1 Å². The highest BCUT2D eigenvalue weighted by Gasteiger charge is 2.19. The van der Waals surface area contributed by atoms with Gasteiger partial charge in [0.2, 0.25) is 11.8 Å². The van der Waals surface area contributed by atoms with Crippen LogP contribution in [0.3, 0.4) is 0 Å². The molecule has 136 valence electrons. The van der Waals surface area contributed by atoms with Crippen molar-refractivity contribution in [2.75, 3.05) is 19.6 Å². The summed E-state index contributed by atoms with van der Waals surface area (Å²) in [6, 6.07) is 8.39. The molecule has 0 spiro atoms. The Bertz CT molecular complexity index is 849. The number of nitrogens with zero attached hydrogens (tertiary/aromatic N) is 3. The van der Waals surface area contributed by atoms with Gasteiger partial charge in [-0.25, -0.2) is 0 Å². The standard InChI is InChI=1S/C20H24N4O2/c1-14-4-6-17(7-5-14)12-24-16(3)18(15(2)22-24)8-9-20(26)23-11-10-21-19(25)13-23/h4-9H,10-13H2,1-3H3,(H,21,25). The molecule has 1 saturated heterocycles. The van der Waals surface area contributed by atoms with Crippen LogP contribution in [0.4, 0.5) is 0 Å². The minimum absolute atomic E-state index is 0.115. The molecule has 0 aliphatic carbocycles. The number of piperazine rings is 1. The van der Waals surface area contributed by atoms with E-state index in [1.165, 1.54) is 17.2 Å². The molecule has 0 unspecified atom stereocenters. The number of hydrogen-bond donors (Lipinski definition) is 1. The van der Waals surface area contributed by atoms with Crippen LogP contribution in [0.15, 0.2) is 30.3 Å². The van der Waals surface area contributed by atoms with Crippen LogP contribution in [0, 0.1) is 20.8 Å². The number of hydrogen-bond acceptors (Lipinski definition) is 3. The molecule has 1 fully saturated rings. The van der Waals surface area contributed by atoms with Crippen molar-refractivity contribution in [2.45, 2.75) is 27.3 Å². The van der Waals surface area contributed by atoms with Crippen molar-refractivity contribution in [1.82, 2.24) is 20.0 Å². The molecule has 0 radical (unpaired) electrons. The van der Waals surface area contributed by atoms with E-state index in [2.05, 4.69) is 41.6 Å². The zero-order valence-corrected chi connectivity index (χ0v) is 15.5. The zero-order valence-electron chi connectivity index (χ0n) is 15.5. The smallest absolute Gasteiger partial charge is 0.247 e. The van der Waals surface area contributed by atoms with Gasteiger partial charge in [-0.05, 0) is 32.4 Å². The molecule has 1 aromatic carbocycles. The molecule has 6 heteroatoms. The van der Waals surface area contributed by atoms with E-state index < -0.39 is 0 Å². The monoisotopic (exact) mass is 352 g/mol. The fourth-order valence-corrected chi connectivity index (χ4v) is 3.06. The lowest BCUT2D eigenvalue weighted by Gasteiger charge is -2.25. The summed E-state index contributed by atoms with van der Waals surface area (Å²) < 4.78 is 1.96. The summed E-state index contributed by atoms with van der Waals surface area (Å²) in [5.74, 6) is -0.263. The molecule has 2 heterocycles. The largest absolute Gasteiger partial charge is 0.353 e. The molecular formula is C20H24N4O2. The Kier molecular flexibility index (Phi) is 5.21. The van der Waals surface area contributed by atoms with Gasteiger partial charge in [0.05, 0.1) is 18.8 Å². The van der Waals surface area contributed by atoms with Crippen LogP contribution in [0.2, 0.25) is 0 Å². The van der Waals surface area contributed by atoms with Crippen molar-refractivity contribution < 1.29 is 9.59 Å². The first-order valence-corrected chi connectivity index (χ1v) is 8.77. The number of amides is 2. The highest BCUT2D eigenvalue weighted by atomic mass is 16.2. The Balaban J connectivity index is 1.74. The predicted octanol–water partition coefficient (Wildman–Crippen LogP) is 1.83. The van der Waals surface area contributed by atoms with Crippen LogP contribution in [0.25, 0.3) is 6.08 Å². The van der Waals surface area contributed by atoms with Gasteiger partial charge in [0, 0.05) is 30.4 Å². The number of carbonyl (C=O) groups excluding carboxylic acids is 2. The maximum atomic E-state index is 12.3. The molecule has 1 aliphatic heterocycles. The fraction of sp³-hybridized carbons (Fsp3) is 0.350. The summed E-state index contributed by atoms with van der Waals surface area (Å²) in [5.41, 5.74) is 5.27. The van der Waals surface area contributed by atoms with Gasteiger partial charge >= 0.3 is 0 Å². The van der Waals surface area contributed by atoms with E-state index in [-0.39, 0.29) is 18.4 Å². The highest BCUT2D eigenvalue weighted by Crippen LogP contribution is 2.17. The second kappa shape index (κ2) is 7.56.